The molecule has 3 fully saturated rings. The van der Waals surface area contributed by atoms with E-state index in [1.807, 2.05) is 30.3 Å². The standard InChI is InChI=1S/C39H46N8O8/c40-16-8-7-14-29(33(48)35-44-28-13-5-6-15-32(28)55-35)43-34(49)31-19-26(54-38(52)46-17-9-2-10-18-46)22-47(31)36(50)39(20-27(39)30-21-41-24-42-30)45-37(51)53-23-25-11-3-1-4-12-25/h1,3-6,11-13,15,21,24,26-27,29,31H,2,7-10,14,16-20,22-23,40H2,(H,41,42)(H,43,49)(H,45,51)/t26-,27?,29+,31+,39?/m1/s1. The number of Topliss-reactive ketones (excluding diaryl/α,β-unsaturated/α-hetero) is 1. The second-order valence-corrected chi connectivity index (χ2v) is 14.4. The predicted molar refractivity (Wildman–Crippen MR) is 197 cm³/mol. The van der Waals surface area contributed by atoms with Crippen molar-refractivity contribution in [2.45, 2.75) is 87.6 Å². The Kier molecular flexibility index (Phi) is 11.4. The van der Waals surface area contributed by atoms with Gasteiger partial charge in [0.05, 0.1) is 18.9 Å². The first kappa shape index (κ1) is 37.5. The number of para-hydroxylation sites is 2. The number of ketones is 1. The number of nitrogens with zero attached hydrogens (tertiary/aromatic N) is 4. The summed E-state index contributed by atoms with van der Waals surface area (Å²) in [6.07, 6.45) is 5.22. The van der Waals surface area contributed by atoms with Gasteiger partial charge in [0.25, 0.3) is 5.89 Å². The number of oxazole rings is 1. The summed E-state index contributed by atoms with van der Waals surface area (Å²) >= 11 is 0. The molecule has 4 aromatic rings. The van der Waals surface area contributed by atoms with Gasteiger partial charge in [0.1, 0.15) is 29.8 Å². The fraction of sp³-hybridized carbons (Fsp3) is 0.462. The first-order chi connectivity index (χ1) is 26.8. The summed E-state index contributed by atoms with van der Waals surface area (Å²) in [5, 5.41) is 5.68. The van der Waals surface area contributed by atoms with E-state index in [2.05, 4.69) is 25.6 Å². The van der Waals surface area contributed by atoms with Crippen molar-refractivity contribution in [3.8, 4) is 0 Å². The largest absolute Gasteiger partial charge is 0.445 e. The molecule has 55 heavy (non-hydrogen) atoms. The highest BCUT2D eigenvalue weighted by Gasteiger charge is 2.65. The van der Waals surface area contributed by atoms with Crippen LogP contribution in [0, 0.1) is 0 Å². The number of nitrogens with two attached hydrogens (primary N) is 1. The Hall–Kier alpha value is -5.77. The zero-order valence-corrected chi connectivity index (χ0v) is 30.5. The van der Waals surface area contributed by atoms with E-state index >= 15 is 0 Å². The first-order valence-corrected chi connectivity index (χ1v) is 18.9. The van der Waals surface area contributed by atoms with Crippen LogP contribution in [-0.2, 0) is 25.7 Å². The zero-order chi connectivity index (χ0) is 38.4. The number of aromatic nitrogens is 3. The molecule has 290 valence electrons. The van der Waals surface area contributed by atoms with Gasteiger partial charge in [-0.15, -0.1) is 0 Å². The summed E-state index contributed by atoms with van der Waals surface area (Å²) < 4.78 is 17.2. The molecule has 0 radical (unpaired) electrons. The maximum absolute atomic E-state index is 14.8. The molecule has 4 amide bonds. The highest BCUT2D eigenvalue weighted by Crippen LogP contribution is 2.52. The van der Waals surface area contributed by atoms with Crippen LogP contribution in [-0.4, -0.2) is 104 Å². The minimum atomic E-state index is -1.49. The van der Waals surface area contributed by atoms with E-state index in [9.17, 15) is 24.0 Å². The number of amides is 4. The lowest BCUT2D eigenvalue weighted by Crippen LogP contribution is -2.57. The average molecular weight is 755 g/mol. The summed E-state index contributed by atoms with van der Waals surface area (Å²) in [6.45, 7) is 1.39. The third kappa shape index (κ3) is 8.48. The molecule has 2 unspecified atom stereocenters. The molecule has 2 aromatic heterocycles. The number of nitrogens with one attached hydrogen (secondary N) is 3. The van der Waals surface area contributed by atoms with Gasteiger partial charge in [-0.05, 0) is 69.2 Å². The third-order valence-electron chi connectivity index (χ3n) is 10.6. The number of hydrogen-bond donors (Lipinski definition) is 4. The molecular weight excluding hydrogens is 708 g/mol. The van der Waals surface area contributed by atoms with E-state index in [1.165, 1.54) is 11.2 Å². The van der Waals surface area contributed by atoms with Crippen molar-refractivity contribution in [3.63, 3.8) is 0 Å². The van der Waals surface area contributed by atoms with E-state index in [0.29, 0.717) is 49.3 Å². The topological polar surface area (TPSA) is 215 Å². The number of carbonyl (C=O) groups excluding carboxylic acids is 5. The van der Waals surface area contributed by atoms with Crippen LogP contribution < -0.4 is 16.4 Å². The van der Waals surface area contributed by atoms with Crippen molar-refractivity contribution in [2.24, 2.45) is 5.73 Å². The molecule has 5 N–H and O–H groups in total. The molecule has 7 rings (SSSR count). The molecule has 16 heteroatoms. The van der Waals surface area contributed by atoms with Crippen LogP contribution in [0.25, 0.3) is 11.1 Å². The number of aromatic amines is 1. The van der Waals surface area contributed by atoms with Crippen molar-refractivity contribution in [1.29, 1.82) is 0 Å². The number of benzene rings is 2. The van der Waals surface area contributed by atoms with Gasteiger partial charge >= 0.3 is 12.2 Å². The fourth-order valence-electron chi connectivity index (χ4n) is 7.53. The second kappa shape index (κ2) is 16.7. The van der Waals surface area contributed by atoms with Crippen LogP contribution in [0.1, 0.15) is 79.2 Å². The number of likely N-dealkylation sites (tertiary alicyclic amines) is 2. The smallest absolute Gasteiger partial charge is 0.410 e. The number of hydrogen-bond acceptors (Lipinski definition) is 11. The highest BCUT2D eigenvalue weighted by molar-refractivity contribution is 6.02. The molecule has 2 saturated heterocycles. The Labute approximate surface area is 317 Å². The molecule has 0 spiro atoms. The highest BCUT2D eigenvalue weighted by atomic mass is 16.6. The van der Waals surface area contributed by atoms with Gasteiger partial charge < -0.3 is 45.0 Å². The first-order valence-electron chi connectivity index (χ1n) is 18.9. The van der Waals surface area contributed by atoms with Gasteiger partial charge in [0.2, 0.25) is 17.6 Å². The second-order valence-electron chi connectivity index (χ2n) is 14.4. The van der Waals surface area contributed by atoms with Crippen LogP contribution in [0.3, 0.4) is 0 Å². The van der Waals surface area contributed by atoms with Crippen molar-refractivity contribution < 1.29 is 37.9 Å². The Morgan fingerprint density at radius 3 is 2.55 bits per heavy atom. The Balaban J connectivity index is 1.14. The van der Waals surface area contributed by atoms with Crippen LogP contribution >= 0.6 is 0 Å². The number of carbonyl (C=O) groups is 5. The van der Waals surface area contributed by atoms with Crippen LogP contribution in [0.5, 0.6) is 0 Å². The van der Waals surface area contributed by atoms with Crippen molar-refractivity contribution >= 4 is 40.9 Å². The molecule has 2 aromatic carbocycles. The van der Waals surface area contributed by atoms with Gasteiger partial charge in [-0.25, -0.2) is 19.6 Å². The lowest BCUT2D eigenvalue weighted by atomic mass is 10.0. The summed E-state index contributed by atoms with van der Waals surface area (Å²) in [6, 6.07) is 13.9. The Bertz CT molecular complexity index is 1950. The van der Waals surface area contributed by atoms with Gasteiger partial charge in [-0.2, -0.15) is 0 Å². The van der Waals surface area contributed by atoms with E-state index in [1.54, 1.807) is 35.4 Å². The summed E-state index contributed by atoms with van der Waals surface area (Å²) in [5.41, 5.74) is 6.58. The summed E-state index contributed by atoms with van der Waals surface area (Å²) in [5.74, 6) is -2.34. The molecular formula is C39H46N8O8. The monoisotopic (exact) mass is 754 g/mol. The minimum absolute atomic E-state index is 0.0192. The Morgan fingerprint density at radius 1 is 1.02 bits per heavy atom. The van der Waals surface area contributed by atoms with Gasteiger partial charge in [0, 0.05) is 37.3 Å². The molecule has 2 aliphatic heterocycles. The molecule has 5 atom stereocenters. The molecule has 1 aliphatic carbocycles. The number of H-pyrrole nitrogens is 1. The number of alkyl carbamates (subject to hydrolysis) is 1. The van der Waals surface area contributed by atoms with Gasteiger partial charge in [-0.1, -0.05) is 42.5 Å². The lowest BCUT2D eigenvalue weighted by Gasteiger charge is -2.30. The quantitative estimate of drug-likeness (QED) is 0.107. The number of unbranched alkanes of at least 4 members (excludes halogenated alkanes) is 1. The molecule has 3 aliphatic rings. The molecule has 0 bridgehead atoms. The maximum atomic E-state index is 14.8. The lowest BCUT2D eigenvalue weighted by molar-refractivity contribution is -0.141. The number of fused-ring (bicyclic) bond motifs is 1. The number of imidazole rings is 1. The maximum Gasteiger partial charge on any atom is 0.410 e. The minimum Gasteiger partial charge on any atom is -0.445 e. The SMILES string of the molecule is NCCCC[C@H](NC(=O)[C@@H]1C[C@@H](OC(=O)N2CCCCC2)CN1C(=O)C1(NC(=O)OCc2ccccc2)CC1c1cnc[nH]1)C(=O)c1nc2ccccc2o1. The molecule has 1 saturated carbocycles. The number of ether oxygens (including phenoxy) is 2. The van der Waals surface area contributed by atoms with E-state index in [4.69, 9.17) is 19.6 Å². The van der Waals surface area contributed by atoms with E-state index < -0.39 is 59.4 Å². The third-order valence-corrected chi connectivity index (χ3v) is 10.6. The molecule has 16 nitrogen and oxygen atoms in total. The average Bonchev–Trinajstić information content (AvgIpc) is 3.63. The van der Waals surface area contributed by atoms with E-state index in [0.717, 1.165) is 24.8 Å². The van der Waals surface area contributed by atoms with Gasteiger partial charge in [-0.3, -0.25) is 14.4 Å². The van der Waals surface area contributed by atoms with Crippen molar-refractivity contribution in [1.82, 2.24) is 35.4 Å². The van der Waals surface area contributed by atoms with E-state index in [-0.39, 0.29) is 38.3 Å². The Morgan fingerprint density at radius 2 is 1.80 bits per heavy atom. The van der Waals surface area contributed by atoms with Crippen LogP contribution in [0.2, 0.25) is 0 Å². The van der Waals surface area contributed by atoms with Gasteiger partial charge in [0.15, 0.2) is 5.58 Å². The number of piperidine rings is 1. The normalized spacial score (nSPS) is 22.5. The summed E-state index contributed by atoms with van der Waals surface area (Å²) in [4.78, 5) is 84.1. The number of rotatable bonds is 14. The summed E-state index contributed by atoms with van der Waals surface area (Å²) in [7, 11) is 0. The zero-order valence-electron chi connectivity index (χ0n) is 30.5. The molecule has 4 heterocycles. The van der Waals surface area contributed by atoms with Crippen molar-refractivity contribution in [2.75, 3.05) is 26.2 Å². The van der Waals surface area contributed by atoms with Crippen molar-refractivity contribution in [3.05, 3.63) is 84.3 Å². The van der Waals surface area contributed by atoms with Crippen LogP contribution in [0.4, 0.5) is 9.59 Å². The fourth-order valence-corrected chi connectivity index (χ4v) is 7.53. The van der Waals surface area contributed by atoms with Crippen LogP contribution in [0.15, 0.2) is 71.5 Å². The predicted octanol–water partition coefficient (Wildman–Crippen LogP) is 3.79.